The second-order valence-electron chi connectivity index (χ2n) is 8.77. The first-order valence-corrected chi connectivity index (χ1v) is 8.94. The molecule has 4 aliphatic carbocycles. The van der Waals surface area contributed by atoms with E-state index in [9.17, 15) is 15.0 Å². The maximum absolute atomic E-state index is 12.1. The van der Waals surface area contributed by atoms with Crippen LogP contribution in [0.2, 0.25) is 0 Å². The molecule has 0 aromatic carbocycles. The summed E-state index contributed by atoms with van der Waals surface area (Å²) in [5, 5.41) is 20.4. The van der Waals surface area contributed by atoms with Gasteiger partial charge in [-0.1, -0.05) is 25.5 Å². The zero-order valence-electron chi connectivity index (χ0n) is 13.7. The maximum Gasteiger partial charge on any atom is 0.162 e. The number of Topliss-reactive ketones (excluding diaryl/α,β-unsaturated/α-hetero) is 1. The van der Waals surface area contributed by atoms with Gasteiger partial charge in [0.25, 0.3) is 0 Å². The van der Waals surface area contributed by atoms with Crippen LogP contribution < -0.4 is 0 Å². The van der Waals surface area contributed by atoms with Gasteiger partial charge in [0.05, 0.1) is 6.10 Å². The first-order valence-electron chi connectivity index (χ1n) is 8.94. The zero-order valence-corrected chi connectivity index (χ0v) is 13.7. The molecule has 4 aliphatic rings. The molecule has 0 aromatic rings. The quantitative estimate of drug-likeness (QED) is 0.677. The molecular formula is C19H28O3. The fourth-order valence-electron chi connectivity index (χ4n) is 6.41. The first kappa shape index (κ1) is 14.9. The van der Waals surface area contributed by atoms with E-state index in [2.05, 4.69) is 19.9 Å². The Morgan fingerprint density at radius 1 is 1.09 bits per heavy atom. The van der Waals surface area contributed by atoms with E-state index in [0.717, 1.165) is 38.5 Å². The molecule has 3 fully saturated rings. The highest BCUT2D eigenvalue weighted by atomic mass is 16.3. The van der Waals surface area contributed by atoms with Gasteiger partial charge in [0.15, 0.2) is 5.78 Å². The highest BCUT2D eigenvalue weighted by Crippen LogP contribution is 2.64. The third kappa shape index (κ3) is 1.78. The standard InChI is InChI=1S/C19H28O3/c1-18-7-5-12(20)9-11(18)3-4-13-14(18)6-8-19(2)15(13)10-16(21)17(19)22/h3,12-15,17,20,22H,4-10H2,1-2H3/t12-,13?,14?,15?,17-,18-,19-/m0/s1. The number of rotatable bonds is 0. The average molecular weight is 304 g/mol. The van der Waals surface area contributed by atoms with Crippen LogP contribution in [-0.2, 0) is 4.79 Å². The smallest absolute Gasteiger partial charge is 0.162 e. The summed E-state index contributed by atoms with van der Waals surface area (Å²) in [6.07, 6.45) is 7.95. The molecule has 0 saturated heterocycles. The van der Waals surface area contributed by atoms with Crippen LogP contribution >= 0.6 is 0 Å². The van der Waals surface area contributed by atoms with Crippen molar-refractivity contribution in [2.45, 2.75) is 71.0 Å². The lowest BCUT2D eigenvalue weighted by molar-refractivity contribution is -0.128. The predicted octanol–water partition coefficient (Wildman–Crippen LogP) is 2.85. The Bertz CT molecular complexity index is 539. The molecule has 0 heterocycles. The number of carbonyl (C=O) groups is 1. The molecule has 3 nitrogen and oxygen atoms in total. The van der Waals surface area contributed by atoms with Crippen LogP contribution in [0, 0.1) is 28.6 Å². The van der Waals surface area contributed by atoms with Crippen LogP contribution in [0.4, 0.5) is 0 Å². The molecule has 3 heteroatoms. The summed E-state index contributed by atoms with van der Waals surface area (Å²) in [6.45, 7) is 4.52. The van der Waals surface area contributed by atoms with E-state index in [1.807, 2.05) is 0 Å². The van der Waals surface area contributed by atoms with Gasteiger partial charge in [0.1, 0.15) is 6.10 Å². The van der Waals surface area contributed by atoms with Crippen LogP contribution in [-0.4, -0.2) is 28.2 Å². The van der Waals surface area contributed by atoms with Gasteiger partial charge >= 0.3 is 0 Å². The summed E-state index contributed by atoms with van der Waals surface area (Å²) < 4.78 is 0. The second-order valence-corrected chi connectivity index (χ2v) is 8.77. The number of hydrogen-bond donors (Lipinski definition) is 2. The molecule has 3 unspecified atom stereocenters. The van der Waals surface area contributed by atoms with E-state index in [1.165, 1.54) is 5.57 Å². The normalized spacial score (nSPS) is 54.3. The Labute approximate surface area is 132 Å². The van der Waals surface area contributed by atoms with Crippen molar-refractivity contribution >= 4 is 5.78 Å². The van der Waals surface area contributed by atoms with Gasteiger partial charge in [-0.25, -0.2) is 0 Å². The summed E-state index contributed by atoms with van der Waals surface area (Å²) >= 11 is 0. The molecular weight excluding hydrogens is 276 g/mol. The Kier molecular flexibility index (Phi) is 3.16. The van der Waals surface area contributed by atoms with Crippen LogP contribution in [0.25, 0.3) is 0 Å². The lowest BCUT2D eigenvalue weighted by Crippen LogP contribution is -2.51. The number of carbonyl (C=O) groups excluding carboxylic acids is 1. The fraction of sp³-hybridized carbons (Fsp3) is 0.842. The minimum absolute atomic E-state index is 0.0622. The lowest BCUT2D eigenvalue weighted by Gasteiger charge is -2.57. The van der Waals surface area contributed by atoms with E-state index in [1.54, 1.807) is 0 Å². The minimum atomic E-state index is -0.746. The van der Waals surface area contributed by atoms with Gasteiger partial charge in [-0.3, -0.25) is 4.79 Å². The van der Waals surface area contributed by atoms with Crippen molar-refractivity contribution in [3.05, 3.63) is 11.6 Å². The van der Waals surface area contributed by atoms with Crippen LogP contribution in [0.3, 0.4) is 0 Å². The molecule has 7 atom stereocenters. The number of allylic oxidation sites excluding steroid dienone is 1. The zero-order chi connectivity index (χ0) is 15.7. The molecule has 0 aromatic heterocycles. The van der Waals surface area contributed by atoms with E-state index < -0.39 is 6.10 Å². The molecule has 0 aliphatic heterocycles. The summed E-state index contributed by atoms with van der Waals surface area (Å²) in [5.41, 5.74) is 1.47. The van der Waals surface area contributed by atoms with E-state index >= 15 is 0 Å². The predicted molar refractivity (Wildman–Crippen MR) is 84.1 cm³/mol. The molecule has 0 spiro atoms. The number of hydrogen-bond acceptors (Lipinski definition) is 3. The van der Waals surface area contributed by atoms with Crippen LogP contribution in [0.5, 0.6) is 0 Å². The first-order chi connectivity index (χ1) is 10.4. The van der Waals surface area contributed by atoms with Gasteiger partial charge in [0, 0.05) is 11.8 Å². The molecule has 22 heavy (non-hydrogen) atoms. The van der Waals surface area contributed by atoms with Crippen molar-refractivity contribution in [2.24, 2.45) is 28.6 Å². The monoisotopic (exact) mass is 304 g/mol. The SMILES string of the molecule is C[C@]12CC[C@H](O)CC1=CCC1C2CC[C@@]2(C)C1CC(=O)[C@@H]2O. The number of fused-ring (bicyclic) bond motifs is 5. The largest absolute Gasteiger partial charge is 0.393 e. The van der Waals surface area contributed by atoms with Gasteiger partial charge in [-0.05, 0) is 61.7 Å². The van der Waals surface area contributed by atoms with Crippen molar-refractivity contribution < 1.29 is 15.0 Å². The van der Waals surface area contributed by atoms with Gasteiger partial charge in [0.2, 0.25) is 0 Å². The van der Waals surface area contributed by atoms with Gasteiger partial charge in [-0.2, -0.15) is 0 Å². The third-order valence-corrected chi connectivity index (χ3v) is 7.87. The van der Waals surface area contributed by atoms with Crippen molar-refractivity contribution in [3.8, 4) is 0 Å². The molecule has 122 valence electrons. The average Bonchev–Trinajstić information content (AvgIpc) is 2.72. The van der Waals surface area contributed by atoms with E-state index in [0.29, 0.717) is 24.2 Å². The van der Waals surface area contributed by atoms with Crippen molar-refractivity contribution in [1.82, 2.24) is 0 Å². The highest BCUT2D eigenvalue weighted by molar-refractivity contribution is 5.86. The third-order valence-electron chi connectivity index (χ3n) is 7.87. The summed E-state index contributed by atoms with van der Waals surface area (Å²) in [6, 6.07) is 0. The van der Waals surface area contributed by atoms with Crippen LogP contribution in [0.1, 0.15) is 58.8 Å². The maximum atomic E-state index is 12.1. The van der Waals surface area contributed by atoms with Crippen molar-refractivity contribution in [3.63, 3.8) is 0 Å². The van der Waals surface area contributed by atoms with Crippen LogP contribution in [0.15, 0.2) is 11.6 Å². The van der Waals surface area contributed by atoms with Crippen molar-refractivity contribution in [1.29, 1.82) is 0 Å². The summed E-state index contributed by atoms with van der Waals surface area (Å²) in [7, 11) is 0. The molecule has 0 bridgehead atoms. The number of aliphatic hydroxyl groups excluding tert-OH is 2. The Balaban J connectivity index is 1.70. The van der Waals surface area contributed by atoms with E-state index in [-0.39, 0.29) is 22.7 Å². The van der Waals surface area contributed by atoms with Gasteiger partial charge in [-0.15, -0.1) is 0 Å². The molecule has 4 rings (SSSR count). The number of ketones is 1. The van der Waals surface area contributed by atoms with Crippen molar-refractivity contribution in [2.75, 3.05) is 0 Å². The molecule has 2 N–H and O–H groups in total. The highest BCUT2D eigenvalue weighted by Gasteiger charge is 2.60. The van der Waals surface area contributed by atoms with Gasteiger partial charge < -0.3 is 10.2 Å². The fourth-order valence-corrected chi connectivity index (χ4v) is 6.41. The minimum Gasteiger partial charge on any atom is -0.393 e. The summed E-state index contributed by atoms with van der Waals surface area (Å²) in [4.78, 5) is 12.1. The topological polar surface area (TPSA) is 57.5 Å². The Morgan fingerprint density at radius 3 is 2.64 bits per heavy atom. The molecule has 0 radical (unpaired) electrons. The lowest BCUT2D eigenvalue weighted by atomic mass is 9.48. The molecule has 0 amide bonds. The Morgan fingerprint density at radius 2 is 1.86 bits per heavy atom. The summed E-state index contributed by atoms with van der Waals surface area (Å²) in [5.74, 6) is 1.56. The Hall–Kier alpha value is -0.670. The molecule has 3 saturated carbocycles. The van der Waals surface area contributed by atoms with E-state index in [4.69, 9.17) is 0 Å². The second kappa shape index (κ2) is 4.67. The number of aliphatic hydroxyl groups is 2.